The zero-order chi connectivity index (χ0) is 37.5. The summed E-state index contributed by atoms with van der Waals surface area (Å²) in [5.74, 6) is 2.00. The summed E-state index contributed by atoms with van der Waals surface area (Å²) in [6.07, 6.45) is 0. The maximum atomic E-state index is 5.08. The molecule has 0 fully saturated rings. The monoisotopic (exact) mass is 762 g/mol. The smallest absolute Gasteiger partial charge is 0.165 e. The van der Waals surface area contributed by atoms with Gasteiger partial charge in [-0.25, -0.2) is 15.0 Å². The van der Waals surface area contributed by atoms with Gasteiger partial charge in [-0.2, -0.15) is 0 Å². The Morgan fingerprint density at radius 1 is 0.351 bits per heavy atom. The van der Waals surface area contributed by atoms with Crippen molar-refractivity contribution in [2.24, 2.45) is 0 Å². The third-order valence-electron chi connectivity index (χ3n) is 11.1. The molecule has 0 N–H and O–H groups in total. The average Bonchev–Trinajstić information content (AvgIpc) is 3.96. The van der Waals surface area contributed by atoms with Gasteiger partial charge < -0.3 is 4.57 Å². The maximum Gasteiger partial charge on any atom is 0.165 e. The van der Waals surface area contributed by atoms with E-state index in [1.807, 2.05) is 47.7 Å². The minimum Gasteiger partial charge on any atom is -0.309 e. The summed E-state index contributed by atoms with van der Waals surface area (Å²) >= 11 is 3.67. The molecule has 0 aliphatic heterocycles. The second-order valence-corrected chi connectivity index (χ2v) is 16.5. The van der Waals surface area contributed by atoms with E-state index < -0.39 is 0 Å². The quantitative estimate of drug-likeness (QED) is 0.175. The number of para-hydroxylation sites is 2. The van der Waals surface area contributed by atoms with E-state index in [0.717, 1.165) is 16.7 Å². The van der Waals surface area contributed by atoms with E-state index in [1.54, 1.807) is 11.3 Å². The summed E-state index contributed by atoms with van der Waals surface area (Å²) < 4.78 is 7.43. The van der Waals surface area contributed by atoms with Gasteiger partial charge in [0.1, 0.15) is 0 Å². The minimum atomic E-state index is 0.664. The Balaban J connectivity index is 1.01. The zero-order valence-corrected chi connectivity index (χ0v) is 32.1. The van der Waals surface area contributed by atoms with Gasteiger partial charge >= 0.3 is 0 Å². The molecule has 4 aromatic heterocycles. The molecule has 0 atom stereocenters. The molecule has 0 bridgehead atoms. The summed E-state index contributed by atoms with van der Waals surface area (Å²) in [4.78, 5) is 15.1. The van der Waals surface area contributed by atoms with Gasteiger partial charge in [0, 0.05) is 67.8 Å². The Hall–Kier alpha value is -6.99. The molecule has 0 aliphatic rings. The lowest BCUT2D eigenvalue weighted by molar-refractivity contribution is 1.08. The van der Waals surface area contributed by atoms with Crippen LogP contribution in [0.5, 0.6) is 0 Å². The molecule has 4 nitrogen and oxygen atoms in total. The van der Waals surface area contributed by atoms with Crippen molar-refractivity contribution in [1.29, 1.82) is 0 Å². The summed E-state index contributed by atoms with van der Waals surface area (Å²) in [6.45, 7) is 0. The molecule has 0 radical (unpaired) electrons. The predicted octanol–water partition coefficient (Wildman–Crippen LogP) is 14.4. The van der Waals surface area contributed by atoms with E-state index in [9.17, 15) is 0 Å². The fourth-order valence-electron chi connectivity index (χ4n) is 8.44. The van der Waals surface area contributed by atoms with Gasteiger partial charge in [0.2, 0.25) is 0 Å². The molecule has 6 heteroatoms. The number of hydrogen-bond acceptors (Lipinski definition) is 5. The van der Waals surface area contributed by atoms with Crippen LogP contribution in [0, 0.1) is 0 Å². The Morgan fingerprint density at radius 2 is 0.947 bits per heavy atom. The Morgan fingerprint density at radius 3 is 1.67 bits per heavy atom. The number of thiophene rings is 2. The van der Waals surface area contributed by atoms with Gasteiger partial charge in [0.25, 0.3) is 0 Å². The lowest BCUT2D eigenvalue weighted by Crippen LogP contribution is -2.00. The summed E-state index contributed by atoms with van der Waals surface area (Å²) in [6, 6.07) is 64.9. The number of fused-ring (bicyclic) bond motifs is 9. The first kappa shape index (κ1) is 32.3. The molecular weight excluding hydrogens is 733 g/mol. The largest absolute Gasteiger partial charge is 0.309 e. The van der Waals surface area contributed by atoms with E-state index in [0.29, 0.717) is 17.5 Å². The van der Waals surface area contributed by atoms with Crippen molar-refractivity contribution in [2.45, 2.75) is 0 Å². The van der Waals surface area contributed by atoms with Crippen LogP contribution in [0.15, 0.2) is 182 Å². The third-order valence-corrected chi connectivity index (χ3v) is 13.4. The number of hydrogen-bond donors (Lipinski definition) is 0. The van der Waals surface area contributed by atoms with Crippen LogP contribution < -0.4 is 0 Å². The average molecular weight is 763 g/mol. The number of aromatic nitrogens is 4. The highest BCUT2D eigenvalue weighted by molar-refractivity contribution is 7.26. The number of benzene rings is 8. The van der Waals surface area contributed by atoms with Crippen molar-refractivity contribution in [3.63, 3.8) is 0 Å². The van der Waals surface area contributed by atoms with Crippen molar-refractivity contribution in [1.82, 2.24) is 19.5 Å². The first-order valence-corrected chi connectivity index (χ1v) is 20.7. The molecule has 57 heavy (non-hydrogen) atoms. The van der Waals surface area contributed by atoms with Gasteiger partial charge in [-0.3, -0.25) is 0 Å². The van der Waals surface area contributed by atoms with E-state index in [4.69, 9.17) is 15.0 Å². The molecule has 0 unspecified atom stereocenters. The summed E-state index contributed by atoms with van der Waals surface area (Å²) in [5.41, 5.74) is 9.00. The highest BCUT2D eigenvalue weighted by Crippen LogP contribution is 2.44. The Bertz CT molecular complexity index is 3410. The Labute approximate surface area is 335 Å². The zero-order valence-electron chi connectivity index (χ0n) is 30.4. The summed E-state index contributed by atoms with van der Waals surface area (Å²) in [5, 5.41) is 7.55. The summed E-state index contributed by atoms with van der Waals surface area (Å²) in [7, 11) is 0. The van der Waals surface area contributed by atoms with Crippen molar-refractivity contribution in [3.05, 3.63) is 182 Å². The molecule has 4 heterocycles. The number of rotatable bonds is 5. The van der Waals surface area contributed by atoms with E-state index in [1.165, 1.54) is 79.0 Å². The lowest BCUT2D eigenvalue weighted by Gasteiger charge is -2.10. The fourth-order valence-corrected chi connectivity index (χ4v) is 10.8. The van der Waals surface area contributed by atoms with Crippen LogP contribution in [0.3, 0.4) is 0 Å². The standard InChI is InChI=1S/C51H30N4S2/c1-3-13-31(14-4-1)49-52-50(32-15-5-2-6-16-32)54-51(53-49)39-20-11-19-38-37-27-25-34(30-46(37)57-48(38)39)33-26-28-44-40(29-33)47-43(23-12-24-45(47)56-44)55-41-21-9-7-17-35(41)36-18-8-10-22-42(36)55/h1-30H. The van der Waals surface area contributed by atoms with Gasteiger partial charge in [-0.15, -0.1) is 22.7 Å². The highest BCUT2D eigenvalue weighted by atomic mass is 32.1. The van der Waals surface area contributed by atoms with Crippen LogP contribution in [0.4, 0.5) is 0 Å². The van der Waals surface area contributed by atoms with Crippen LogP contribution in [0.25, 0.3) is 113 Å². The second-order valence-electron chi connectivity index (χ2n) is 14.4. The van der Waals surface area contributed by atoms with Crippen LogP contribution in [0.1, 0.15) is 0 Å². The molecule has 8 aromatic carbocycles. The van der Waals surface area contributed by atoms with E-state index >= 15 is 0 Å². The van der Waals surface area contributed by atoms with E-state index in [-0.39, 0.29) is 0 Å². The first-order valence-electron chi connectivity index (χ1n) is 19.0. The minimum absolute atomic E-state index is 0.664. The molecule has 0 spiro atoms. The van der Waals surface area contributed by atoms with Crippen molar-refractivity contribution in [3.8, 4) is 51.0 Å². The molecule has 12 aromatic rings. The van der Waals surface area contributed by atoms with Crippen LogP contribution in [-0.4, -0.2) is 19.5 Å². The van der Waals surface area contributed by atoms with Crippen molar-refractivity contribution >= 4 is 84.8 Å². The van der Waals surface area contributed by atoms with Gasteiger partial charge in [-0.05, 0) is 59.7 Å². The maximum absolute atomic E-state index is 5.08. The predicted molar refractivity (Wildman–Crippen MR) is 242 cm³/mol. The molecule has 0 saturated heterocycles. The van der Waals surface area contributed by atoms with Crippen LogP contribution >= 0.6 is 22.7 Å². The van der Waals surface area contributed by atoms with Crippen molar-refractivity contribution < 1.29 is 0 Å². The molecule has 266 valence electrons. The van der Waals surface area contributed by atoms with Gasteiger partial charge in [0.05, 0.1) is 16.7 Å². The van der Waals surface area contributed by atoms with Crippen molar-refractivity contribution in [2.75, 3.05) is 0 Å². The van der Waals surface area contributed by atoms with E-state index in [2.05, 4.69) is 150 Å². The highest BCUT2D eigenvalue weighted by Gasteiger charge is 2.19. The normalized spacial score (nSPS) is 11.9. The molecule has 0 amide bonds. The molecule has 0 saturated carbocycles. The Kier molecular flexibility index (Phi) is 7.24. The second kappa shape index (κ2) is 12.8. The first-order chi connectivity index (χ1) is 28.2. The van der Waals surface area contributed by atoms with Crippen LogP contribution in [0.2, 0.25) is 0 Å². The lowest BCUT2D eigenvalue weighted by atomic mass is 10.0. The SMILES string of the molecule is c1ccc(-c2nc(-c3ccccc3)nc(-c3cccc4c3sc3cc(-c5ccc6sc7cccc(-n8c9ccccc9c9ccccc98)c7c6c5)ccc34)n2)cc1. The topological polar surface area (TPSA) is 43.6 Å². The molecular formula is C51H30N4S2. The molecule has 0 aliphatic carbocycles. The van der Waals surface area contributed by atoms with Gasteiger partial charge in [0.15, 0.2) is 17.5 Å². The third kappa shape index (κ3) is 5.15. The van der Waals surface area contributed by atoms with Crippen LogP contribution in [-0.2, 0) is 0 Å². The number of nitrogens with zero attached hydrogens (tertiary/aromatic N) is 4. The fraction of sp³-hybridized carbons (Fsp3) is 0. The molecule has 12 rings (SSSR count). The van der Waals surface area contributed by atoms with Gasteiger partial charge in [-0.1, -0.05) is 133 Å².